The van der Waals surface area contributed by atoms with Gasteiger partial charge in [-0.1, -0.05) is 96.8 Å². The molecule has 0 spiro atoms. The van der Waals surface area contributed by atoms with Crippen molar-refractivity contribution in [2.24, 2.45) is 0 Å². The topological polar surface area (TPSA) is 44.8 Å². The lowest BCUT2D eigenvalue weighted by atomic mass is 10.0. The van der Waals surface area contributed by atoms with Crippen molar-refractivity contribution in [2.75, 3.05) is 0 Å². The summed E-state index contributed by atoms with van der Waals surface area (Å²) in [6, 6.07) is 8.22. The standard InChI is InChI=1S/C28H44O4/c1-5-8-10-12-13-15-16-18-25-20-22-26(23-21-25)32-28(19-17-14-11-9-6-2)31-24(4)30-27(29)7-3/h7,20-23,28H,3-6,8-19H2,1-2H3. The Kier molecular flexibility index (Phi) is 15.9. The highest BCUT2D eigenvalue weighted by Crippen LogP contribution is 2.20. The maximum absolute atomic E-state index is 11.4. The van der Waals surface area contributed by atoms with Crippen LogP contribution in [0.15, 0.2) is 49.4 Å². The molecule has 4 nitrogen and oxygen atoms in total. The van der Waals surface area contributed by atoms with Crippen LogP contribution in [0.4, 0.5) is 0 Å². The number of hydrogen-bond donors (Lipinski definition) is 0. The summed E-state index contributed by atoms with van der Waals surface area (Å²) in [6.07, 6.45) is 17.3. The second kappa shape index (κ2) is 18.4. The molecule has 1 rings (SSSR count). The monoisotopic (exact) mass is 444 g/mol. The maximum atomic E-state index is 11.4. The largest absolute Gasteiger partial charge is 0.455 e. The number of rotatable bonds is 20. The van der Waals surface area contributed by atoms with E-state index < -0.39 is 12.3 Å². The Hall–Kier alpha value is -2.23. The molecule has 1 aromatic rings. The van der Waals surface area contributed by atoms with E-state index >= 15 is 0 Å². The molecule has 0 N–H and O–H groups in total. The number of benzene rings is 1. The molecule has 1 atom stereocenters. The Morgan fingerprint density at radius 3 is 2.03 bits per heavy atom. The number of esters is 1. The molecule has 4 heteroatoms. The quantitative estimate of drug-likeness (QED) is 0.0667. The molecule has 0 fully saturated rings. The van der Waals surface area contributed by atoms with Crippen LogP contribution in [0, 0.1) is 0 Å². The van der Waals surface area contributed by atoms with Crippen molar-refractivity contribution in [1.29, 1.82) is 0 Å². The third kappa shape index (κ3) is 14.0. The Labute approximate surface area is 196 Å². The fourth-order valence-corrected chi connectivity index (χ4v) is 3.55. The fourth-order valence-electron chi connectivity index (χ4n) is 3.55. The summed E-state index contributed by atoms with van der Waals surface area (Å²) < 4.78 is 16.7. The van der Waals surface area contributed by atoms with Crippen molar-refractivity contribution in [3.8, 4) is 5.75 Å². The summed E-state index contributed by atoms with van der Waals surface area (Å²) in [5, 5.41) is 0. The molecule has 0 radical (unpaired) electrons. The lowest BCUT2D eigenvalue weighted by Gasteiger charge is -2.21. The van der Waals surface area contributed by atoms with E-state index in [-0.39, 0.29) is 5.95 Å². The van der Waals surface area contributed by atoms with Crippen molar-refractivity contribution >= 4 is 5.97 Å². The van der Waals surface area contributed by atoms with E-state index in [0.29, 0.717) is 6.42 Å². The van der Waals surface area contributed by atoms with E-state index in [1.807, 2.05) is 12.1 Å². The second-order valence-electron chi connectivity index (χ2n) is 8.38. The average Bonchev–Trinajstić information content (AvgIpc) is 2.79. The van der Waals surface area contributed by atoms with Gasteiger partial charge < -0.3 is 14.2 Å². The van der Waals surface area contributed by atoms with Crippen molar-refractivity contribution in [3.05, 3.63) is 55.0 Å². The van der Waals surface area contributed by atoms with Crippen LogP contribution in [-0.2, 0) is 20.7 Å². The highest BCUT2D eigenvalue weighted by atomic mass is 16.8. The van der Waals surface area contributed by atoms with Crippen LogP contribution in [0.1, 0.15) is 103 Å². The van der Waals surface area contributed by atoms with Gasteiger partial charge in [-0.05, 0) is 43.5 Å². The SMILES string of the molecule is C=CC(=O)OC(=C)OC(CCCCCCC)Oc1ccc(CCCCCCCCC)cc1. The predicted molar refractivity (Wildman–Crippen MR) is 132 cm³/mol. The maximum Gasteiger partial charge on any atom is 0.337 e. The molecule has 0 amide bonds. The second-order valence-corrected chi connectivity index (χ2v) is 8.38. The van der Waals surface area contributed by atoms with Gasteiger partial charge in [-0.25, -0.2) is 4.79 Å². The predicted octanol–water partition coefficient (Wildman–Crippen LogP) is 8.26. The lowest BCUT2D eigenvalue weighted by Crippen LogP contribution is -2.21. The third-order valence-electron chi connectivity index (χ3n) is 5.45. The molecule has 0 aromatic heterocycles. The molecule has 0 saturated heterocycles. The normalized spacial score (nSPS) is 11.6. The first-order valence-electron chi connectivity index (χ1n) is 12.5. The molecule has 1 unspecified atom stereocenters. The zero-order chi connectivity index (χ0) is 23.4. The summed E-state index contributed by atoms with van der Waals surface area (Å²) in [5.74, 6) is 0.0881. The summed E-state index contributed by atoms with van der Waals surface area (Å²) in [5.41, 5.74) is 1.33. The summed E-state index contributed by atoms with van der Waals surface area (Å²) in [4.78, 5) is 11.4. The molecule has 0 aliphatic carbocycles. The van der Waals surface area contributed by atoms with Crippen molar-refractivity contribution in [2.45, 2.75) is 110 Å². The van der Waals surface area contributed by atoms with Gasteiger partial charge in [0.2, 0.25) is 6.29 Å². The van der Waals surface area contributed by atoms with E-state index in [1.165, 1.54) is 69.8 Å². The molecule has 0 saturated carbocycles. The number of carbonyl (C=O) groups is 1. The molecular formula is C28H44O4. The molecule has 0 aliphatic rings. The van der Waals surface area contributed by atoms with Gasteiger partial charge in [-0.3, -0.25) is 0 Å². The molecular weight excluding hydrogens is 400 g/mol. The van der Waals surface area contributed by atoms with Crippen LogP contribution in [-0.4, -0.2) is 12.3 Å². The molecule has 1 aromatic carbocycles. The molecule has 180 valence electrons. The van der Waals surface area contributed by atoms with Gasteiger partial charge in [0.1, 0.15) is 5.75 Å². The van der Waals surface area contributed by atoms with E-state index in [4.69, 9.17) is 14.2 Å². The highest BCUT2D eigenvalue weighted by molar-refractivity contribution is 5.81. The zero-order valence-corrected chi connectivity index (χ0v) is 20.4. The number of carbonyl (C=O) groups excluding carboxylic acids is 1. The minimum absolute atomic E-state index is 0.0657. The highest BCUT2D eigenvalue weighted by Gasteiger charge is 2.15. The van der Waals surface area contributed by atoms with E-state index in [9.17, 15) is 4.79 Å². The minimum Gasteiger partial charge on any atom is -0.455 e. The van der Waals surface area contributed by atoms with Crippen LogP contribution in [0.25, 0.3) is 0 Å². The van der Waals surface area contributed by atoms with Gasteiger partial charge in [0.25, 0.3) is 5.95 Å². The van der Waals surface area contributed by atoms with Gasteiger partial charge in [0, 0.05) is 12.5 Å². The van der Waals surface area contributed by atoms with Gasteiger partial charge in [-0.15, -0.1) is 0 Å². The van der Waals surface area contributed by atoms with Crippen molar-refractivity contribution in [3.63, 3.8) is 0 Å². The Balaban J connectivity index is 2.48. The number of hydrogen-bond acceptors (Lipinski definition) is 4. The first-order valence-corrected chi connectivity index (χ1v) is 12.5. The molecule has 0 heterocycles. The average molecular weight is 445 g/mol. The molecule has 0 aliphatic heterocycles. The van der Waals surface area contributed by atoms with E-state index in [2.05, 4.69) is 39.1 Å². The molecule has 32 heavy (non-hydrogen) atoms. The van der Waals surface area contributed by atoms with Crippen LogP contribution >= 0.6 is 0 Å². The van der Waals surface area contributed by atoms with Crippen LogP contribution in [0.2, 0.25) is 0 Å². The summed E-state index contributed by atoms with van der Waals surface area (Å²) >= 11 is 0. The number of ether oxygens (including phenoxy) is 3. The van der Waals surface area contributed by atoms with Crippen LogP contribution < -0.4 is 4.74 Å². The Bertz CT molecular complexity index is 635. The van der Waals surface area contributed by atoms with Gasteiger partial charge in [-0.2, -0.15) is 0 Å². The minimum atomic E-state index is -0.591. The van der Waals surface area contributed by atoms with Gasteiger partial charge in [0.15, 0.2) is 0 Å². The zero-order valence-electron chi connectivity index (χ0n) is 20.4. The first kappa shape index (κ1) is 27.8. The summed E-state index contributed by atoms with van der Waals surface area (Å²) in [7, 11) is 0. The van der Waals surface area contributed by atoms with Crippen LogP contribution in [0.5, 0.6) is 5.75 Å². The Morgan fingerprint density at radius 2 is 1.44 bits per heavy atom. The van der Waals surface area contributed by atoms with Crippen molar-refractivity contribution < 1.29 is 19.0 Å². The third-order valence-corrected chi connectivity index (χ3v) is 5.45. The van der Waals surface area contributed by atoms with Crippen molar-refractivity contribution in [1.82, 2.24) is 0 Å². The van der Waals surface area contributed by atoms with Gasteiger partial charge in [0.05, 0.1) is 0 Å². The van der Waals surface area contributed by atoms with Gasteiger partial charge >= 0.3 is 5.97 Å². The van der Waals surface area contributed by atoms with E-state index in [1.54, 1.807) is 0 Å². The molecule has 0 bridgehead atoms. The van der Waals surface area contributed by atoms with E-state index in [0.717, 1.165) is 31.1 Å². The first-order chi connectivity index (χ1) is 15.6. The van der Waals surface area contributed by atoms with Crippen LogP contribution in [0.3, 0.4) is 0 Å². The number of unbranched alkanes of at least 4 members (excludes halogenated alkanes) is 10. The smallest absolute Gasteiger partial charge is 0.337 e. The lowest BCUT2D eigenvalue weighted by molar-refractivity contribution is -0.148. The number of aryl methyl sites for hydroxylation is 1. The Morgan fingerprint density at radius 1 is 0.875 bits per heavy atom. The fraction of sp³-hybridized carbons (Fsp3) is 0.607. The summed E-state index contributed by atoms with van der Waals surface area (Å²) in [6.45, 7) is 11.5.